The van der Waals surface area contributed by atoms with Gasteiger partial charge < -0.3 is 24.7 Å². The number of para-hydroxylation sites is 1. The Labute approximate surface area is 231 Å². The van der Waals surface area contributed by atoms with Crippen molar-refractivity contribution >= 4 is 11.4 Å². The quantitative estimate of drug-likeness (QED) is 0.317. The molecule has 9 heteroatoms. The number of hydrogen-bond acceptors (Lipinski definition) is 7. The summed E-state index contributed by atoms with van der Waals surface area (Å²) in [6, 6.07) is 22.0. The molecule has 5 aromatic rings. The van der Waals surface area contributed by atoms with Gasteiger partial charge in [0.1, 0.15) is 11.5 Å². The normalized spacial score (nSPS) is 16.1. The van der Waals surface area contributed by atoms with Gasteiger partial charge in [-0.15, -0.1) is 0 Å². The van der Waals surface area contributed by atoms with Crippen LogP contribution in [0.4, 0.5) is 11.4 Å². The fraction of sp³-hybridized carbons (Fsp3) is 0.194. The molecule has 2 N–H and O–H groups in total. The van der Waals surface area contributed by atoms with Gasteiger partial charge in [0.15, 0.2) is 5.82 Å². The van der Waals surface area contributed by atoms with Crippen LogP contribution in [0.15, 0.2) is 96.3 Å². The molecule has 3 aromatic heterocycles. The smallest absolute Gasteiger partial charge is 0.249 e. The molecule has 1 unspecified atom stereocenters. The average molecular weight is 533 g/mol. The summed E-state index contributed by atoms with van der Waals surface area (Å²) in [5.74, 6) is 2.53. The zero-order valence-corrected chi connectivity index (χ0v) is 21.8. The van der Waals surface area contributed by atoms with Gasteiger partial charge in [0, 0.05) is 72.9 Å². The predicted molar refractivity (Wildman–Crippen MR) is 152 cm³/mol. The molecule has 0 amide bonds. The molecule has 0 aliphatic carbocycles. The Kier molecular flexibility index (Phi) is 6.25. The average Bonchev–Trinajstić information content (AvgIpc) is 3.54. The summed E-state index contributed by atoms with van der Waals surface area (Å²) in [4.78, 5) is 21.5. The van der Waals surface area contributed by atoms with Crippen molar-refractivity contribution in [3.8, 4) is 17.3 Å². The molecule has 0 radical (unpaired) electrons. The Bertz CT molecular complexity index is 1700. The lowest BCUT2D eigenvalue weighted by molar-refractivity contribution is 0.0934. The van der Waals surface area contributed by atoms with E-state index in [0.29, 0.717) is 26.3 Å². The molecule has 1 fully saturated rings. The first kappa shape index (κ1) is 24.2. The van der Waals surface area contributed by atoms with Crippen molar-refractivity contribution in [2.45, 2.75) is 19.0 Å². The number of benzene rings is 2. The van der Waals surface area contributed by atoms with E-state index in [1.807, 2.05) is 42.7 Å². The van der Waals surface area contributed by atoms with Crippen LogP contribution in [0.5, 0.6) is 11.5 Å². The van der Waals surface area contributed by atoms with E-state index in [9.17, 15) is 4.79 Å². The van der Waals surface area contributed by atoms with E-state index in [1.165, 1.54) is 0 Å². The fourth-order valence-corrected chi connectivity index (χ4v) is 5.42. The molecule has 40 heavy (non-hydrogen) atoms. The number of nitrogens with one attached hydrogen (secondary N) is 2. The number of morpholine rings is 1. The van der Waals surface area contributed by atoms with Gasteiger partial charge in [0.25, 0.3) is 0 Å². The number of aromatic amines is 1. The number of pyridine rings is 2. The molecule has 7 rings (SSSR count). The Morgan fingerprint density at radius 1 is 1.05 bits per heavy atom. The van der Waals surface area contributed by atoms with Crippen LogP contribution in [0.2, 0.25) is 0 Å². The van der Waals surface area contributed by atoms with Crippen LogP contribution < -0.4 is 20.5 Å². The van der Waals surface area contributed by atoms with Gasteiger partial charge in [-0.25, -0.2) is 9.67 Å². The number of hydrogen-bond donors (Lipinski definition) is 2. The first-order valence-corrected chi connectivity index (χ1v) is 13.4. The van der Waals surface area contributed by atoms with Crippen molar-refractivity contribution < 1.29 is 9.47 Å². The molecule has 1 saturated heterocycles. The molecule has 0 bridgehead atoms. The third-order valence-corrected chi connectivity index (χ3v) is 7.40. The summed E-state index contributed by atoms with van der Waals surface area (Å²) < 4.78 is 14.2. The Balaban J connectivity index is 1.09. The maximum atomic E-state index is 12.0. The first-order chi connectivity index (χ1) is 19.7. The lowest BCUT2D eigenvalue weighted by Gasteiger charge is -2.38. The highest BCUT2D eigenvalue weighted by Crippen LogP contribution is 2.44. The third kappa shape index (κ3) is 4.71. The summed E-state index contributed by atoms with van der Waals surface area (Å²) in [7, 11) is 0. The SMILES string of the molecule is O=c1cc(N2CCOCC2c2cccc3c2Oc2ccc(NCc4ccc(-n5cccn5)nc4)cc2C3)cc[nH]1. The van der Waals surface area contributed by atoms with Crippen molar-refractivity contribution in [3.63, 3.8) is 0 Å². The number of nitrogens with zero attached hydrogens (tertiary/aromatic N) is 4. The van der Waals surface area contributed by atoms with Gasteiger partial charge in [-0.05, 0) is 47.5 Å². The third-order valence-electron chi connectivity index (χ3n) is 7.40. The lowest BCUT2D eigenvalue weighted by atomic mass is 9.94. The van der Waals surface area contributed by atoms with Crippen LogP contribution in [-0.2, 0) is 17.7 Å². The molecule has 0 spiro atoms. The van der Waals surface area contributed by atoms with Crippen molar-refractivity contribution in [2.24, 2.45) is 0 Å². The molecule has 200 valence electrons. The van der Waals surface area contributed by atoms with Crippen molar-refractivity contribution in [1.29, 1.82) is 0 Å². The number of aromatic nitrogens is 4. The summed E-state index contributed by atoms with van der Waals surface area (Å²) in [5.41, 5.74) is 6.21. The summed E-state index contributed by atoms with van der Waals surface area (Å²) in [6.45, 7) is 2.50. The molecule has 5 heterocycles. The van der Waals surface area contributed by atoms with E-state index in [2.05, 4.69) is 55.6 Å². The highest BCUT2D eigenvalue weighted by molar-refractivity contribution is 5.60. The lowest BCUT2D eigenvalue weighted by Crippen LogP contribution is -2.40. The molecule has 9 nitrogen and oxygen atoms in total. The van der Waals surface area contributed by atoms with E-state index >= 15 is 0 Å². The zero-order chi connectivity index (χ0) is 26.9. The second-order valence-corrected chi connectivity index (χ2v) is 9.96. The highest BCUT2D eigenvalue weighted by atomic mass is 16.5. The number of fused-ring (bicyclic) bond motifs is 2. The van der Waals surface area contributed by atoms with E-state index in [1.54, 1.807) is 23.1 Å². The molecule has 2 aromatic carbocycles. The van der Waals surface area contributed by atoms with Crippen molar-refractivity contribution in [3.05, 3.63) is 124 Å². The summed E-state index contributed by atoms with van der Waals surface area (Å²) >= 11 is 0. The van der Waals surface area contributed by atoms with Gasteiger partial charge in [-0.2, -0.15) is 5.10 Å². The largest absolute Gasteiger partial charge is 0.456 e. The minimum absolute atomic E-state index is 0.0544. The van der Waals surface area contributed by atoms with Crippen LogP contribution in [-0.4, -0.2) is 39.5 Å². The van der Waals surface area contributed by atoms with Gasteiger partial charge in [0.05, 0.1) is 19.3 Å². The second-order valence-electron chi connectivity index (χ2n) is 9.96. The predicted octanol–water partition coefficient (Wildman–Crippen LogP) is 4.84. The number of rotatable bonds is 6. The number of anilines is 2. The summed E-state index contributed by atoms with van der Waals surface area (Å²) in [5, 5.41) is 7.74. The Morgan fingerprint density at radius 3 is 2.88 bits per heavy atom. The molecule has 1 atom stereocenters. The van der Waals surface area contributed by atoms with Gasteiger partial charge in [0.2, 0.25) is 5.56 Å². The summed E-state index contributed by atoms with van der Waals surface area (Å²) in [6.07, 6.45) is 7.94. The van der Waals surface area contributed by atoms with E-state index in [0.717, 1.165) is 57.4 Å². The van der Waals surface area contributed by atoms with Crippen LogP contribution in [0.25, 0.3) is 5.82 Å². The van der Waals surface area contributed by atoms with Crippen LogP contribution >= 0.6 is 0 Å². The van der Waals surface area contributed by atoms with Crippen LogP contribution in [0.1, 0.15) is 28.3 Å². The second kappa shape index (κ2) is 10.3. The van der Waals surface area contributed by atoms with E-state index in [-0.39, 0.29) is 11.6 Å². The maximum absolute atomic E-state index is 12.0. The van der Waals surface area contributed by atoms with Crippen molar-refractivity contribution in [2.75, 3.05) is 30.0 Å². The van der Waals surface area contributed by atoms with Gasteiger partial charge in [-0.3, -0.25) is 4.79 Å². The van der Waals surface area contributed by atoms with Crippen molar-refractivity contribution in [1.82, 2.24) is 19.7 Å². The number of H-pyrrole nitrogens is 1. The van der Waals surface area contributed by atoms with Gasteiger partial charge >= 0.3 is 0 Å². The molecule has 0 saturated carbocycles. The Morgan fingerprint density at radius 2 is 2.02 bits per heavy atom. The van der Waals surface area contributed by atoms with Gasteiger partial charge in [-0.1, -0.05) is 24.3 Å². The molecule has 2 aliphatic rings. The number of ether oxygens (including phenoxy) is 2. The minimum Gasteiger partial charge on any atom is -0.456 e. The Hall–Kier alpha value is -4.89. The fourth-order valence-electron chi connectivity index (χ4n) is 5.42. The van der Waals surface area contributed by atoms with Crippen LogP contribution in [0.3, 0.4) is 0 Å². The van der Waals surface area contributed by atoms with Crippen LogP contribution in [0, 0.1) is 0 Å². The van der Waals surface area contributed by atoms with E-state index < -0.39 is 0 Å². The topological polar surface area (TPSA) is 97.3 Å². The maximum Gasteiger partial charge on any atom is 0.249 e. The monoisotopic (exact) mass is 532 g/mol. The van der Waals surface area contributed by atoms with E-state index in [4.69, 9.17) is 9.47 Å². The molecular formula is C31H28N6O3. The first-order valence-electron chi connectivity index (χ1n) is 13.4. The molecular weight excluding hydrogens is 504 g/mol. The zero-order valence-electron chi connectivity index (χ0n) is 21.8. The molecule has 2 aliphatic heterocycles. The highest BCUT2D eigenvalue weighted by Gasteiger charge is 2.30. The minimum atomic E-state index is -0.116. The standard InChI is InChI=1S/C31H28N6O3/c38-30-17-25(9-11-32-30)36-13-14-39-20-27(36)26-4-1-3-22-15-23-16-24(6-7-28(23)40-31(22)26)33-18-21-5-8-29(34-19-21)37-12-2-10-35-37/h1-12,16-17,19,27,33H,13-15,18,20H2,(H,32,38).